The molecule has 2 nitrogen and oxygen atoms in total. The van der Waals surface area contributed by atoms with E-state index in [-0.39, 0.29) is 5.41 Å². The number of rotatable bonds is 6. The Morgan fingerprint density at radius 2 is 2.25 bits per heavy atom. The number of halogens is 2. The van der Waals surface area contributed by atoms with Gasteiger partial charge in [0, 0.05) is 28.1 Å². The largest absolute Gasteiger partial charge is 0.381 e. The molecule has 20 heavy (non-hydrogen) atoms. The van der Waals surface area contributed by atoms with Gasteiger partial charge in [-0.3, -0.25) is 0 Å². The van der Waals surface area contributed by atoms with Crippen LogP contribution < -0.4 is 5.32 Å². The van der Waals surface area contributed by atoms with E-state index < -0.39 is 0 Å². The van der Waals surface area contributed by atoms with E-state index in [0.29, 0.717) is 5.92 Å². The van der Waals surface area contributed by atoms with Crippen LogP contribution in [0.25, 0.3) is 0 Å². The molecule has 1 heterocycles. The van der Waals surface area contributed by atoms with Crippen molar-refractivity contribution >= 4 is 27.5 Å². The third-order valence-electron chi connectivity index (χ3n) is 3.82. The third kappa shape index (κ3) is 4.45. The molecule has 1 aliphatic rings. The molecule has 4 heteroatoms. The van der Waals surface area contributed by atoms with Gasteiger partial charge in [-0.15, -0.1) is 0 Å². The van der Waals surface area contributed by atoms with Gasteiger partial charge in [-0.25, -0.2) is 0 Å². The van der Waals surface area contributed by atoms with Gasteiger partial charge in [0.1, 0.15) is 0 Å². The van der Waals surface area contributed by atoms with Crippen LogP contribution in [0.5, 0.6) is 0 Å². The molecule has 0 aliphatic carbocycles. The molecule has 0 amide bonds. The van der Waals surface area contributed by atoms with Gasteiger partial charge in [-0.05, 0) is 43.0 Å². The van der Waals surface area contributed by atoms with E-state index in [1.54, 1.807) is 0 Å². The zero-order valence-corrected chi connectivity index (χ0v) is 14.6. The lowest BCUT2D eigenvalue weighted by atomic mass is 9.80. The fourth-order valence-electron chi connectivity index (χ4n) is 2.69. The Balaban J connectivity index is 2.04. The van der Waals surface area contributed by atoms with Crippen LogP contribution in [-0.4, -0.2) is 26.3 Å². The Morgan fingerprint density at radius 1 is 1.45 bits per heavy atom. The predicted octanol–water partition coefficient (Wildman–Crippen LogP) is 4.30. The second-order valence-electron chi connectivity index (χ2n) is 6.24. The van der Waals surface area contributed by atoms with Crippen molar-refractivity contribution in [3.63, 3.8) is 0 Å². The van der Waals surface area contributed by atoms with E-state index in [0.717, 1.165) is 48.6 Å². The molecule has 1 unspecified atom stereocenters. The molecule has 0 spiro atoms. The molecule has 1 N–H and O–H groups in total. The second kappa shape index (κ2) is 7.26. The fourth-order valence-corrected chi connectivity index (χ4v) is 3.43. The van der Waals surface area contributed by atoms with Crippen molar-refractivity contribution in [2.24, 2.45) is 11.3 Å². The van der Waals surface area contributed by atoms with Gasteiger partial charge in [-0.2, -0.15) is 0 Å². The minimum absolute atomic E-state index is 0.187. The fraction of sp³-hybridized carbons (Fsp3) is 0.625. The van der Waals surface area contributed by atoms with Crippen molar-refractivity contribution in [1.29, 1.82) is 0 Å². The van der Waals surface area contributed by atoms with Crippen LogP contribution in [-0.2, 0) is 11.2 Å². The highest BCUT2D eigenvalue weighted by molar-refractivity contribution is 9.10. The molecule has 0 radical (unpaired) electrons. The van der Waals surface area contributed by atoms with Crippen molar-refractivity contribution < 1.29 is 4.74 Å². The first-order chi connectivity index (χ1) is 9.51. The predicted molar refractivity (Wildman–Crippen MR) is 88.4 cm³/mol. The minimum Gasteiger partial charge on any atom is -0.381 e. The smallest absolute Gasteiger partial charge is 0.0538 e. The summed E-state index contributed by atoms with van der Waals surface area (Å²) in [4.78, 5) is 0. The van der Waals surface area contributed by atoms with E-state index in [1.807, 2.05) is 6.07 Å². The molecule has 1 atom stereocenters. The van der Waals surface area contributed by atoms with Crippen molar-refractivity contribution in [3.05, 3.63) is 33.3 Å². The van der Waals surface area contributed by atoms with Gasteiger partial charge < -0.3 is 10.1 Å². The first kappa shape index (κ1) is 16.3. The zero-order valence-electron chi connectivity index (χ0n) is 12.2. The highest BCUT2D eigenvalue weighted by Crippen LogP contribution is 2.35. The van der Waals surface area contributed by atoms with E-state index in [4.69, 9.17) is 16.3 Å². The lowest BCUT2D eigenvalue weighted by Gasteiger charge is -2.29. The van der Waals surface area contributed by atoms with Gasteiger partial charge in [0.15, 0.2) is 0 Å². The standard InChI is InChI=1S/C16H23BrClNO/c1-12(2)9-19-10-16(5-6-20-11-16)8-13-3-4-14(17)7-15(13)18/h3-4,7,12,19H,5-6,8-11H2,1-2H3. The van der Waals surface area contributed by atoms with E-state index in [9.17, 15) is 0 Å². The minimum atomic E-state index is 0.187. The van der Waals surface area contributed by atoms with Crippen LogP contribution in [0.4, 0.5) is 0 Å². The molecule has 2 rings (SSSR count). The summed E-state index contributed by atoms with van der Waals surface area (Å²) in [7, 11) is 0. The van der Waals surface area contributed by atoms with Gasteiger partial charge in [0.2, 0.25) is 0 Å². The van der Waals surface area contributed by atoms with Crippen LogP contribution >= 0.6 is 27.5 Å². The quantitative estimate of drug-likeness (QED) is 0.817. The lowest BCUT2D eigenvalue weighted by Crippen LogP contribution is -2.38. The maximum atomic E-state index is 6.36. The lowest BCUT2D eigenvalue weighted by molar-refractivity contribution is 0.148. The maximum Gasteiger partial charge on any atom is 0.0538 e. The third-order valence-corrected chi connectivity index (χ3v) is 4.66. The molecule has 0 saturated carbocycles. The Morgan fingerprint density at radius 3 is 2.85 bits per heavy atom. The Bertz CT molecular complexity index is 444. The average molecular weight is 361 g/mol. The molecule has 1 aromatic carbocycles. The normalized spacial score (nSPS) is 22.6. The maximum absolute atomic E-state index is 6.36. The van der Waals surface area contributed by atoms with Crippen LogP contribution in [0.3, 0.4) is 0 Å². The average Bonchev–Trinajstić information content (AvgIpc) is 2.81. The van der Waals surface area contributed by atoms with E-state index in [2.05, 4.69) is 47.2 Å². The number of hydrogen-bond acceptors (Lipinski definition) is 2. The number of hydrogen-bond donors (Lipinski definition) is 1. The van der Waals surface area contributed by atoms with Crippen LogP contribution in [0.1, 0.15) is 25.8 Å². The first-order valence-corrected chi connectivity index (χ1v) is 8.40. The SMILES string of the molecule is CC(C)CNCC1(Cc2ccc(Br)cc2Cl)CCOC1. The first-order valence-electron chi connectivity index (χ1n) is 7.23. The summed E-state index contributed by atoms with van der Waals surface area (Å²) < 4.78 is 6.69. The van der Waals surface area contributed by atoms with E-state index >= 15 is 0 Å². The number of nitrogens with one attached hydrogen (secondary N) is 1. The van der Waals surface area contributed by atoms with Crippen molar-refractivity contribution in [3.8, 4) is 0 Å². The molecular weight excluding hydrogens is 338 g/mol. The molecule has 0 bridgehead atoms. The van der Waals surface area contributed by atoms with E-state index in [1.165, 1.54) is 5.56 Å². The Kier molecular flexibility index (Phi) is 5.91. The summed E-state index contributed by atoms with van der Waals surface area (Å²) in [6, 6.07) is 6.16. The van der Waals surface area contributed by atoms with Crippen molar-refractivity contribution in [2.75, 3.05) is 26.3 Å². The topological polar surface area (TPSA) is 21.3 Å². The molecule has 1 fully saturated rings. The summed E-state index contributed by atoms with van der Waals surface area (Å²) in [6.45, 7) is 8.20. The number of ether oxygens (including phenoxy) is 1. The summed E-state index contributed by atoms with van der Waals surface area (Å²) >= 11 is 9.82. The van der Waals surface area contributed by atoms with Crippen LogP contribution in [0.2, 0.25) is 5.02 Å². The van der Waals surface area contributed by atoms with Crippen LogP contribution in [0.15, 0.2) is 22.7 Å². The van der Waals surface area contributed by atoms with Gasteiger partial charge in [0.25, 0.3) is 0 Å². The summed E-state index contributed by atoms with van der Waals surface area (Å²) in [6.07, 6.45) is 2.08. The van der Waals surface area contributed by atoms with Gasteiger partial charge in [0.05, 0.1) is 6.61 Å². The highest BCUT2D eigenvalue weighted by atomic mass is 79.9. The molecule has 112 valence electrons. The Labute approximate surface area is 135 Å². The monoisotopic (exact) mass is 359 g/mol. The zero-order chi connectivity index (χ0) is 14.6. The summed E-state index contributed by atoms with van der Waals surface area (Å²) in [5.74, 6) is 0.672. The van der Waals surface area contributed by atoms with Crippen LogP contribution in [0, 0.1) is 11.3 Å². The molecule has 0 aromatic heterocycles. The molecule has 1 saturated heterocycles. The highest BCUT2D eigenvalue weighted by Gasteiger charge is 2.35. The number of benzene rings is 1. The van der Waals surface area contributed by atoms with Crippen molar-refractivity contribution in [2.45, 2.75) is 26.7 Å². The van der Waals surface area contributed by atoms with Gasteiger partial charge in [-0.1, -0.05) is 47.4 Å². The summed E-state index contributed by atoms with van der Waals surface area (Å²) in [5, 5.41) is 4.43. The molecule has 1 aliphatic heterocycles. The Hall–Kier alpha value is -0.0900. The summed E-state index contributed by atoms with van der Waals surface area (Å²) in [5.41, 5.74) is 1.40. The van der Waals surface area contributed by atoms with Gasteiger partial charge >= 0.3 is 0 Å². The second-order valence-corrected chi connectivity index (χ2v) is 7.56. The molecular formula is C16H23BrClNO. The van der Waals surface area contributed by atoms with Crippen molar-refractivity contribution in [1.82, 2.24) is 5.32 Å². The molecule has 1 aromatic rings.